The smallest absolute Gasteiger partial charge is 0.0634 e. The summed E-state index contributed by atoms with van der Waals surface area (Å²) in [5.74, 6) is 0.798. The van der Waals surface area contributed by atoms with Gasteiger partial charge in [-0.3, -0.25) is 4.90 Å². The fourth-order valence-electron chi connectivity index (χ4n) is 1.96. The van der Waals surface area contributed by atoms with Gasteiger partial charge in [-0.2, -0.15) is 0 Å². The quantitative estimate of drug-likeness (QED) is 0.722. The van der Waals surface area contributed by atoms with Gasteiger partial charge < -0.3 is 10.1 Å². The van der Waals surface area contributed by atoms with E-state index >= 15 is 0 Å². The molecule has 2 atom stereocenters. The molecule has 0 aromatic rings. The molecule has 3 heteroatoms. The lowest BCUT2D eigenvalue weighted by molar-refractivity contribution is -0.0126. The van der Waals surface area contributed by atoms with Crippen molar-refractivity contribution in [2.45, 2.75) is 33.2 Å². The Labute approximate surface area is 94.2 Å². The maximum absolute atomic E-state index is 5.54. The summed E-state index contributed by atoms with van der Waals surface area (Å²) in [5, 5.41) is 3.42. The Balaban J connectivity index is 2.35. The first-order chi connectivity index (χ1) is 7.27. The summed E-state index contributed by atoms with van der Waals surface area (Å²) in [7, 11) is 0. The highest BCUT2D eigenvalue weighted by molar-refractivity contribution is 4.78. The molecule has 3 nitrogen and oxygen atoms in total. The van der Waals surface area contributed by atoms with E-state index in [1.54, 1.807) is 0 Å². The number of nitrogens with one attached hydrogen (secondary N) is 1. The standard InChI is InChI=1S/C12H26N2O/c1-4-11(3)9-14-6-7-15-10-12(14)8-13-5-2/h11-13H,4-10H2,1-3H3. The third kappa shape index (κ3) is 4.49. The highest BCUT2D eigenvalue weighted by Crippen LogP contribution is 2.11. The number of hydrogen-bond donors (Lipinski definition) is 1. The highest BCUT2D eigenvalue weighted by Gasteiger charge is 2.23. The van der Waals surface area contributed by atoms with Crippen LogP contribution in [0.15, 0.2) is 0 Å². The van der Waals surface area contributed by atoms with Gasteiger partial charge in [0.15, 0.2) is 0 Å². The minimum absolute atomic E-state index is 0.577. The molecule has 0 aromatic carbocycles. The van der Waals surface area contributed by atoms with Gasteiger partial charge in [-0.05, 0) is 12.5 Å². The molecule has 1 N–H and O–H groups in total. The average molecular weight is 214 g/mol. The Morgan fingerprint density at radius 3 is 2.93 bits per heavy atom. The Morgan fingerprint density at radius 1 is 1.47 bits per heavy atom. The molecule has 0 radical (unpaired) electrons. The van der Waals surface area contributed by atoms with Gasteiger partial charge >= 0.3 is 0 Å². The van der Waals surface area contributed by atoms with Gasteiger partial charge in [0.2, 0.25) is 0 Å². The first-order valence-electron chi connectivity index (χ1n) is 6.30. The van der Waals surface area contributed by atoms with E-state index in [0.717, 1.165) is 38.8 Å². The van der Waals surface area contributed by atoms with Gasteiger partial charge in [0, 0.05) is 25.7 Å². The highest BCUT2D eigenvalue weighted by atomic mass is 16.5. The Hall–Kier alpha value is -0.120. The molecule has 0 amide bonds. The van der Waals surface area contributed by atoms with Gasteiger partial charge in [0.1, 0.15) is 0 Å². The molecule has 0 saturated carbocycles. The van der Waals surface area contributed by atoms with Crippen LogP contribution in [0.2, 0.25) is 0 Å². The van der Waals surface area contributed by atoms with E-state index in [1.807, 2.05) is 0 Å². The van der Waals surface area contributed by atoms with Crippen molar-refractivity contribution in [3.63, 3.8) is 0 Å². The topological polar surface area (TPSA) is 24.5 Å². The molecule has 1 rings (SSSR count). The number of ether oxygens (including phenoxy) is 1. The van der Waals surface area contributed by atoms with E-state index in [-0.39, 0.29) is 0 Å². The third-order valence-corrected chi connectivity index (χ3v) is 3.22. The fourth-order valence-corrected chi connectivity index (χ4v) is 1.96. The van der Waals surface area contributed by atoms with Gasteiger partial charge in [-0.25, -0.2) is 0 Å². The van der Waals surface area contributed by atoms with Crippen LogP contribution in [0.1, 0.15) is 27.2 Å². The minimum atomic E-state index is 0.577. The van der Waals surface area contributed by atoms with Crippen LogP contribution in [0.25, 0.3) is 0 Å². The Morgan fingerprint density at radius 2 is 2.27 bits per heavy atom. The van der Waals surface area contributed by atoms with Crippen LogP contribution >= 0.6 is 0 Å². The predicted molar refractivity (Wildman–Crippen MR) is 64.2 cm³/mol. The van der Waals surface area contributed by atoms with E-state index in [2.05, 4.69) is 31.0 Å². The molecule has 90 valence electrons. The summed E-state index contributed by atoms with van der Waals surface area (Å²) < 4.78 is 5.54. The summed E-state index contributed by atoms with van der Waals surface area (Å²) >= 11 is 0. The van der Waals surface area contributed by atoms with Crippen LogP contribution in [-0.2, 0) is 4.74 Å². The summed E-state index contributed by atoms with van der Waals surface area (Å²) in [6, 6.07) is 0.577. The lowest BCUT2D eigenvalue weighted by atomic mass is 10.1. The van der Waals surface area contributed by atoms with Crippen molar-refractivity contribution in [1.29, 1.82) is 0 Å². The number of likely N-dealkylation sites (N-methyl/N-ethyl adjacent to an activating group) is 1. The predicted octanol–water partition coefficient (Wildman–Crippen LogP) is 1.34. The molecular weight excluding hydrogens is 188 g/mol. The van der Waals surface area contributed by atoms with Crippen molar-refractivity contribution in [2.75, 3.05) is 39.4 Å². The summed E-state index contributed by atoms with van der Waals surface area (Å²) in [6.07, 6.45) is 1.27. The van der Waals surface area contributed by atoms with Crippen molar-refractivity contribution in [2.24, 2.45) is 5.92 Å². The molecule has 1 aliphatic rings. The molecule has 0 spiro atoms. The van der Waals surface area contributed by atoms with Crippen LogP contribution in [0.5, 0.6) is 0 Å². The molecule has 0 aromatic heterocycles. The van der Waals surface area contributed by atoms with Crippen LogP contribution in [0, 0.1) is 5.92 Å². The van der Waals surface area contributed by atoms with E-state index in [9.17, 15) is 0 Å². The van der Waals surface area contributed by atoms with Crippen molar-refractivity contribution < 1.29 is 4.74 Å². The van der Waals surface area contributed by atoms with Crippen LogP contribution < -0.4 is 5.32 Å². The van der Waals surface area contributed by atoms with Gasteiger partial charge in [-0.15, -0.1) is 0 Å². The molecular formula is C12H26N2O. The molecule has 0 bridgehead atoms. The number of rotatable bonds is 6. The molecule has 1 fully saturated rings. The summed E-state index contributed by atoms with van der Waals surface area (Å²) in [4.78, 5) is 2.58. The lowest BCUT2D eigenvalue weighted by Gasteiger charge is -2.37. The first kappa shape index (κ1) is 12.9. The molecule has 2 unspecified atom stereocenters. The molecule has 1 heterocycles. The zero-order chi connectivity index (χ0) is 11.1. The summed E-state index contributed by atoms with van der Waals surface area (Å²) in [5.41, 5.74) is 0. The normalized spacial score (nSPS) is 25.4. The molecule has 15 heavy (non-hydrogen) atoms. The second kappa shape index (κ2) is 7.20. The van der Waals surface area contributed by atoms with Gasteiger partial charge in [0.25, 0.3) is 0 Å². The van der Waals surface area contributed by atoms with Crippen LogP contribution in [0.3, 0.4) is 0 Å². The maximum Gasteiger partial charge on any atom is 0.0634 e. The van der Waals surface area contributed by atoms with Gasteiger partial charge in [-0.1, -0.05) is 27.2 Å². The monoisotopic (exact) mass is 214 g/mol. The zero-order valence-electron chi connectivity index (χ0n) is 10.5. The van der Waals surface area contributed by atoms with Crippen molar-refractivity contribution in [3.8, 4) is 0 Å². The molecule has 1 saturated heterocycles. The first-order valence-corrected chi connectivity index (χ1v) is 6.30. The van der Waals surface area contributed by atoms with Gasteiger partial charge in [0.05, 0.1) is 13.2 Å². The number of morpholine rings is 1. The Bertz CT molecular complexity index is 164. The van der Waals surface area contributed by atoms with E-state index in [1.165, 1.54) is 13.0 Å². The minimum Gasteiger partial charge on any atom is -0.378 e. The van der Waals surface area contributed by atoms with Crippen molar-refractivity contribution >= 4 is 0 Å². The van der Waals surface area contributed by atoms with E-state index in [0.29, 0.717) is 6.04 Å². The SMILES string of the molecule is CCNCC1COCCN1CC(C)CC. The largest absolute Gasteiger partial charge is 0.378 e. The fraction of sp³-hybridized carbons (Fsp3) is 1.00. The second-order valence-electron chi connectivity index (χ2n) is 4.54. The number of hydrogen-bond acceptors (Lipinski definition) is 3. The average Bonchev–Trinajstić information content (AvgIpc) is 2.28. The zero-order valence-corrected chi connectivity index (χ0v) is 10.5. The molecule has 0 aliphatic carbocycles. The number of nitrogens with zero attached hydrogens (tertiary/aromatic N) is 1. The van der Waals surface area contributed by atoms with E-state index in [4.69, 9.17) is 4.74 Å². The second-order valence-corrected chi connectivity index (χ2v) is 4.54. The van der Waals surface area contributed by atoms with Crippen molar-refractivity contribution in [1.82, 2.24) is 10.2 Å². The van der Waals surface area contributed by atoms with Crippen molar-refractivity contribution in [3.05, 3.63) is 0 Å². The lowest BCUT2D eigenvalue weighted by Crippen LogP contribution is -2.51. The third-order valence-electron chi connectivity index (χ3n) is 3.22. The van der Waals surface area contributed by atoms with Crippen LogP contribution in [0.4, 0.5) is 0 Å². The van der Waals surface area contributed by atoms with Crippen LogP contribution in [-0.4, -0.2) is 50.3 Å². The summed E-state index contributed by atoms with van der Waals surface area (Å²) in [6.45, 7) is 13.0. The molecule has 1 aliphatic heterocycles. The Kier molecular flexibility index (Phi) is 6.22. The maximum atomic E-state index is 5.54. The van der Waals surface area contributed by atoms with E-state index < -0.39 is 0 Å².